The molecule has 134 valence electrons. The first kappa shape index (κ1) is 17.7. The van der Waals surface area contributed by atoms with Crippen molar-refractivity contribution in [3.8, 4) is 5.75 Å². The van der Waals surface area contributed by atoms with Crippen LogP contribution in [0.2, 0.25) is 0 Å². The molecule has 0 aliphatic carbocycles. The van der Waals surface area contributed by atoms with E-state index in [-0.39, 0.29) is 0 Å². The number of anilines is 4. The molecule has 0 aliphatic rings. The lowest BCUT2D eigenvalue weighted by Crippen LogP contribution is -2.18. The zero-order valence-corrected chi connectivity index (χ0v) is 15.7. The molecule has 0 unspecified atom stereocenters. The fourth-order valence-electron chi connectivity index (χ4n) is 2.85. The lowest BCUT2D eigenvalue weighted by atomic mass is 10.2. The lowest BCUT2D eigenvalue weighted by molar-refractivity contribution is 0.415. The molecule has 0 spiro atoms. The normalized spacial score (nSPS) is 10.5. The van der Waals surface area contributed by atoms with Gasteiger partial charge in [-0.1, -0.05) is 18.2 Å². The first-order valence-corrected chi connectivity index (χ1v) is 8.70. The van der Waals surface area contributed by atoms with E-state index in [2.05, 4.69) is 53.3 Å². The van der Waals surface area contributed by atoms with Gasteiger partial charge in [0.25, 0.3) is 0 Å². The Morgan fingerprint density at radius 3 is 2.54 bits per heavy atom. The third-order valence-electron chi connectivity index (χ3n) is 4.07. The summed E-state index contributed by atoms with van der Waals surface area (Å²) in [5.74, 6) is 2.23. The van der Waals surface area contributed by atoms with Crippen molar-refractivity contribution >= 4 is 23.1 Å². The summed E-state index contributed by atoms with van der Waals surface area (Å²) in [5, 5.41) is 3.27. The van der Waals surface area contributed by atoms with Gasteiger partial charge in [0.2, 0.25) is 5.95 Å². The van der Waals surface area contributed by atoms with Crippen LogP contribution in [0, 0.1) is 13.8 Å². The van der Waals surface area contributed by atoms with Crippen LogP contribution in [0.3, 0.4) is 0 Å². The van der Waals surface area contributed by atoms with Crippen molar-refractivity contribution in [3.05, 3.63) is 65.9 Å². The number of hydrogen-bond acceptors (Lipinski definition) is 5. The van der Waals surface area contributed by atoms with Crippen LogP contribution in [0.5, 0.6) is 5.75 Å². The molecule has 26 heavy (non-hydrogen) atoms. The van der Waals surface area contributed by atoms with Gasteiger partial charge in [-0.2, -0.15) is 4.98 Å². The van der Waals surface area contributed by atoms with Crippen LogP contribution in [0.15, 0.2) is 54.6 Å². The maximum atomic E-state index is 5.28. The van der Waals surface area contributed by atoms with Gasteiger partial charge in [-0.15, -0.1) is 0 Å². The smallest absolute Gasteiger partial charge is 0.229 e. The molecule has 5 heteroatoms. The minimum atomic E-state index is 0.569. The van der Waals surface area contributed by atoms with E-state index in [0.717, 1.165) is 35.2 Å². The zero-order chi connectivity index (χ0) is 18.5. The highest BCUT2D eigenvalue weighted by atomic mass is 16.5. The molecule has 0 aliphatic heterocycles. The summed E-state index contributed by atoms with van der Waals surface area (Å²) in [7, 11) is 1.65. The Bertz CT molecular complexity index is 895. The van der Waals surface area contributed by atoms with E-state index in [1.807, 2.05) is 37.3 Å². The SMILES string of the molecule is CCN(c1cccc(C)c1)c1cc(C)nc(Nc2cccc(OC)c2)n1. The van der Waals surface area contributed by atoms with E-state index in [1.165, 1.54) is 5.56 Å². The van der Waals surface area contributed by atoms with Gasteiger partial charge >= 0.3 is 0 Å². The minimum Gasteiger partial charge on any atom is -0.497 e. The Labute approximate surface area is 154 Å². The summed E-state index contributed by atoms with van der Waals surface area (Å²) >= 11 is 0. The summed E-state index contributed by atoms with van der Waals surface area (Å²) in [6.07, 6.45) is 0. The average molecular weight is 348 g/mol. The largest absolute Gasteiger partial charge is 0.497 e. The molecule has 0 amide bonds. The molecular formula is C21H24N4O. The van der Waals surface area contributed by atoms with Crippen LogP contribution in [0.25, 0.3) is 0 Å². The van der Waals surface area contributed by atoms with Gasteiger partial charge in [-0.05, 0) is 50.6 Å². The fourth-order valence-corrected chi connectivity index (χ4v) is 2.85. The molecule has 0 fully saturated rings. The third kappa shape index (κ3) is 4.11. The number of nitrogens with one attached hydrogen (secondary N) is 1. The summed E-state index contributed by atoms with van der Waals surface area (Å²) in [6.45, 7) is 7.01. The zero-order valence-electron chi connectivity index (χ0n) is 15.7. The molecule has 0 radical (unpaired) electrons. The number of methoxy groups -OCH3 is 1. The number of aromatic nitrogens is 2. The van der Waals surface area contributed by atoms with Gasteiger partial charge in [0.05, 0.1) is 7.11 Å². The van der Waals surface area contributed by atoms with E-state index in [1.54, 1.807) is 7.11 Å². The highest BCUT2D eigenvalue weighted by Gasteiger charge is 2.12. The van der Waals surface area contributed by atoms with Crippen LogP contribution in [0.4, 0.5) is 23.1 Å². The highest BCUT2D eigenvalue weighted by molar-refractivity contribution is 5.63. The number of benzene rings is 2. The van der Waals surface area contributed by atoms with E-state index in [4.69, 9.17) is 9.72 Å². The van der Waals surface area contributed by atoms with Gasteiger partial charge in [0, 0.05) is 35.7 Å². The second kappa shape index (κ2) is 7.87. The maximum absolute atomic E-state index is 5.28. The predicted octanol–water partition coefficient (Wildman–Crippen LogP) is 5.00. The molecule has 0 bridgehead atoms. The molecule has 3 aromatic rings. The standard InChI is InChI=1S/C21H24N4O/c1-5-25(18-10-6-8-15(2)12-18)20-13-16(3)22-21(24-20)23-17-9-7-11-19(14-17)26-4/h6-14H,5H2,1-4H3,(H,22,23,24). The van der Waals surface area contributed by atoms with Crippen molar-refractivity contribution < 1.29 is 4.74 Å². The Balaban J connectivity index is 1.93. The number of nitrogens with zero attached hydrogens (tertiary/aromatic N) is 3. The van der Waals surface area contributed by atoms with E-state index >= 15 is 0 Å². The summed E-state index contributed by atoms with van der Waals surface area (Å²) in [5.41, 5.74) is 4.14. The topological polar surface area (TPSA) is 50.3 Å². The molecule has 1 N–H and O–H groups in total. The van der Waals surface area contributed by atoms with Crippen LogP contribution in [-0.4, -0.2) is 23.6 Å². The fraction of sp³-hybridized carbons (Fsp3) is 0.238. The van der Waals surface area contributed by atoms with E-state index in [9.17, 15) is 0 Å². The van der Waals surface area contributed by atoms with Crippen LogP contribution in [0.1, 0.15) is 18.2 Å². The monoisotopic (exact) mass is 348 g/mol. The van der Waals surface area contributed by atoms with Gasteiger partial charge in [0.1, 0.15) is 11.6 Å². The van der Waals surface area contributed by atoms with Gasteiger partial charge in [-0.3, -0.25) is 0 Å². The van der Waals surface area contributed by atoms with Gasteiger partial charge in [0.15, 0.2) is 0 Å². The van der Waals surface area contributed by atoms with Crippen molar-refractivity contribution in [1.29, 1.82) is 0 Å². The van der Waals surface area contributed by atoms with Crippen molar-refractivity contribution in [2.45, 2.75) is 20.8 Å². The van der Waals surface area contributed by atoms with Gasteiger partial charge < -0.3 is 15.0 Å². The van der Waals surface area contributed by atoms with Crippen molar-refractivity contribution in [1.82, 2.24) is 9.97 Å². The van der Waals surface area contributed by atoms with Crippen LogP contribution >= 0.6 is 0 Å². The van der Waals surface area contributed by atoms with E-state index < -0.39 is 0 Å². The summed E-state index contributed by atoms with van der Waals surface area (Å²) in [4.78, 5) is 11.4. The molecule has 1 aromatic heterocycles. The molecule has 0 atom stereocenters. The van der Waals surface area contributed by atoms with E-state index in [0.29, 0.717) is 5.95 Å². The van der Waals surface area contributed by atoms with Crippen molar-refractivity contribution in [2.75, 3.05) is 23.9 Å². The molecule has 5 nitrogen and oxygen atoms in total. The average Bonchev–Trinajstić information content (AvgIpc) is 2.62. The molecule has 1 heterocycles. The summed E-state index contributed by atoms with van der Waals surface area (Å²) < 4.78 is 5.28. The lowest BCUT2D eigenvalue weighted by Gasteiger charge is -2.23. The van der Waals surface area contributed by atoms with Crippen molar-refractivity contribution in [3.63, 3.8) is 0 Å². The molecule has 0 saturated carbocycles. The molecular weight excluding hydrogens is 324 g/mol. The van der Waals surface area contributed by atoms with Crippen LogP contribution in [-0.2, 0) is 0 Å². The van der Waals surface area contributed by atoms with Crippen LogP contribution < -0.4 is 15.0 Å². The number of aryl methyl sites for hydroxylation is 2. The minimum absolute atomic E-state index is 0.569. The molecule has 2 aromatic carbocycles. The molecule has 0 saturated heterocycles. The quantitative estimate of drug-likeness (QED) is 0.679. The Hall–Kier alpha value is -3.08. The second-order valence-electron chi connectivity index (χ2n) is 6.13. The maximum Gasteiger partial charge on any atom is 0.229 e. The Morgan fingerprint density at radius 1 is 1.00 bits per heavy atom. The Morgan fingerprint density at radius 2 is 1.81 bits per heavy atom. The summed E-state index contributed by atoms with van der Waals surface area (Å²) in [6, 6.07) is 18.2. The number of rotatable bonds is 6. The second-order valence-corrected chi connectivity index (χ2v) is 6.13. The van der Waals surface area contributed by atoms with Gasteiger partial charge in [-0.25, -0.2) is 4.98 Å². The first-order valence-electron chi connectivity index (χ1n) is 8.70. The number of ether oxygens (including phenoxy) is 1. The third-order valence-corrected chi connectivity index (χ3v) is 4.07. The first-order chi connectivity index (χ1) is 12.6. The van der Waals surface area contributed by atoms with Crippen molar-refractivity contribution in [2.24, 2.45) is 0 Å². The number of hydrogen-bond donors (Lipinski definition) is 1. The molecule has 3 rings (SSSR count). The predicted molar refractivity (Wildman–Crippen MR) is 107 cm³/mol. The highest BCUT2D eigenvalue weighted by Crippen LogP contribution is 2.27. The Kier molecular flexibility index (Phi) is 5.37.